The molecule has 0 amide bonds. The predicted octanol–water partition coefficient (Wildman–Crippen LogP) is 10.6. The van der Waals surface area contributed by atoms with E-state index in [2.05, 4.69) is 27.7 Å². The molecule has 0 aliphatic carbocycles. The van der Waals surface area contributed by atoms with Crippen LogP contribution in [0, 0.1) is 0 Å². The van der Waals surface area contributed by atoms with Crippen LogP contribution in [0.2, 0.25) is 10.0 Å². The monoisotopic (exact) mass is 598 g/mol. The Labute approximate surface area is 256 Å². The summed E-state index contributed by atoms with van der Waals surface area (Å²) in [6.45, 7) is 8.53. The fourth-order valence-corrected chi connectivity index (χ4v) is 5.39. The molecule has 0 heterocycles. The van der Waals surface area contributed by atoms with Crippen LogP contribution in [0.25, 0.3) is 0 Å². The third-order valence-corrected chi connectivity index (χ3v) is 8.45. The number of rotatable bonds is 8. The van der Waals surface area contributed by atoms with Gasteiger partial charge in [0.1, 0.15) is 33.8 Å². The molecule has 0 bridgehead atoms. The summed E-state index contributed by atoms with van der Waals surface area (Å²) >= 11 is 13.2. The van der Waals surface area contributed by atoms with Crippen molar-refractivity contribution in [2.24, 2.45) is 0 Å². The summed E-state index contributed by atoms with van der Waals surface area (Å²) in [5.41, 5.74) is 3.83. The molecule has 0 saturated heterocycles. The SMILES string of the molecule is CC(C)(c1ccc(O)cc1)c1ccc(Oc2ccc(Cl)c(Oc3ccc(C(C)(C)c4ccc(O)cc4)cc3)c2Cl)cc1. The van der Waals surface area contributed by atoms with E-state index in [1.54, 1.807) is 36.4 Å². The van der Waals surface area contributed by atoms with Crippen molar-refractivity contribution < 1.29 is 19.7 Å². The van der Waals surface area contributed by atoms with Crippen molar-refractivity contribution in [3.05, 3.63) is 141 Å². The Bertz CT molecular complexity index is 1670. The van der Waals surface area contributed by atoms with Gasteiger partial charge in [0.25, 0.3) is 0 Å². The minimum Gasteiger partial charge on any atom is -0.508 e. The van der Waals surface area contributed by atoms with Crippen LogP contribution in [0.5, 0.6) is 34.5 Å². The fraction of sp³-hybridized carbons (Fsp3) is 0.167. The molecular formula is C36H32Cl2O4. The van der Waals surface area contributed by atoms with E-state index < -0.39 is 0 Å². The molecule has 0 aliphatic rings. The molecule has 0 saturated carbocycles. The molecule has 2 N–H and O–H groups in total. The van der Waals surface area contributed by atoms with Crippen LogP contribution < -0.4 is 9.47 Å². The normalized spacial score (nSPS) is 11.8. The topological polar surface area (TPSA) is 58.9 Å². The highest BCUT2D eigenvalue weighted by Crippen LogP contribution is 2.44. The molecule has 0 fully saturated rings. The highest BCUT2D eigenvalue weighted by Gasteiger charge is 2.25. The molecule has 0 aliphatic heterocycles. The Morgan fingerprint density at radius 3 is 1.24 bits per heavy atom. The van der Waals surface area contributed by atoms with Crippen molar-refractivity contribution in [2.75, 3.05) is 0 Å². The number of hydrogen-bond acceptors (Lipinski definition) is 4. The largest absolute Gasteiger partial charge is 0.508 e. The summed E-state index contributed by atoms with van der Waals surface area (Å²) in [5, 5.41) is 19.9. The lowest BCUT2D eigenvalue weighted by atomic mass is 9.78. The first kappa shape index (κ1) is 29.4. The smallest absolute Gasteiger partial charge is 0.168 e. The lowest BCUT2D eigenvalue weighted by Gasteiger charge is -2.26. The van der Waals surface area contributed by atoms with Gasteiger partial charge in [-0.25, -0.2) is 0 Å². The van der Waals surface area contributed by atoms with Crippen LogP contribution in [0.4, 0.5) is 0 Å². The van der Waals surface area contributed by atoms with Gasteiger partial charge in [0.2, 0.25) is 0 Å². The molecule has 0 aromatic heterocycles. The number of halogens is 2. The molecule has 4 nitrogen and oxygen atoms in total. The van der Waals surface area contributed by atoms with E-state index in [0.717, 1.165) is 22.3 Å². The van der Waals surface area contributed by atoms with Gasteiger partial charge in [-0.1, -0.05) is 99.4 Å². The zero-order valence-electron chi connectivity index (χ0n) is 23.9. The zero-order chi connectivity index (χ0) is 30.1. The molecule has 42 heavy (non-hydrogen) atoms. The minimum absolute atomic E-state index is 0.241. The highest BCUT2D eigenvalue weighted by atomic mass is 35.5. The molecule has 0 unspecified atom stereocenters. The van der Waals surface area contributed by atoms with Gasteiger partial charge >= 0.3 is 0 Å². The standard InChI is InChI=1S/C36H32Cl2O4/c1-35(2,23-5-13-27(39)14-6-23)25-9-17-29(18-10-25)41-32-22-21-31(37)34(33(32)38)42-30-19-11-26(12-20-30)36(3,4)24-7-15-28(40)16-8-24/h5-22,39-40H,1-4H3. The maximum Gasteiger partial charge on any atom is 0.168 e. The Morgan fingerprint density at radius 2 is 0.833 bits per heavy atom. The quantitative estimate of drug-likeness (QED) is 0.186. The van der Waals surface area contributed by atoms with Gasteiger partial charge in [-0.2, -0.15) is 0 Å². The molecule has 0 atom stereocenters. The molecule has 5 rings (SSSR count). The van der Waals surface area contributed by atoms with Crippen molar-refractivity contribution in [3.8, 4) is 34.5 Å². The second-order valence-corrected chi connectivity index (χ2v) is 12.1. The third kappa shape index (κ3) is 6.06. The van der Waals surface area contributed by atoms with Crippen molar-refractivity contribution in [3.63, 3.8) is 0 Å². The first-order valence-corrected chi connectivity index (χ1v) is 14.3. The van der Waals surface area contributed by atoms with E-state index in [1.807, 2.05) is 72.8 Å². The van der Waals surface area contributed by atoms with Crippen LogP contribution in [0.3, 0.4) is 0 Å². The Kier molecular flexibility index (Phi) is 8.14. The molecular weight excluding hydrogens is 567 g/mol. The first-order chi connectivity index (χ1) is 19.9. The number of phenols is 2. The fourth-order valence-electron chi connectivity index (χ4n) is 4.90. The second kappa shape index (κ2) is 11.6. The second-order valence-electron chi connectivity index (χ2n) is 11.3. The summed E-state index contributed by atoms with van der Waals surface area (Å²) in [7, 11) is 0. The van der Waals surface area contributed by atoms with Crippen LogP contribution in [0.15, 0.2) is 109 Å². The van der Waals surface area contributed by atoms with Gasteiger partial charge in [-0.15, -0.1) is 0 Å². The van der Waals surface area contributed by atoms with Gasteiger partial charge < -0.3 is 19.7 Å². The Hall–Kier alpha value is -4.12. The lowest BCUT2D eigenvalue weighted by molar-refractivity contribution is 0.460. The van der Waals surface area contributed by atoms with Gasteiger partial charge in [-0.3, -0.25) is 0 Å². The maximum absolute atomic E-state index is 9.65. The number of hydrogen-bond donors (Lipinski definition) is 2. The molecule has 6 heteroatoms. The van der Waals surface area contributed by atoms with Crippen molar-refractivity contribution in [1.29, 1.82) is 0 Å². The van der Waals surface area contributed by atoms with E-state index >= 15 is 0 Å². The summed E-state index contributed by atoms with van der Waals surface area (Å²) in [4.78, 5) is 0. The summed E-state index contributed by atoms with van der Waals surface area (Å²) in [6, 6.07) is 33.5. The van der Waals surface area contributed by atoms with Gasteiger partial charge in [0.05, 0.1) is 5.02 Å². The average Bonchev–Trinajstić information content (AvgIpc) is 2.98. The number of phenolic OH excluding ortho intramolecular Hbond substituents is 2. The van der Waals surface area contributed by atoms with E-state index in [4.69, 9.17) is 32.7 Å². The number of ether oxygens (including phenoxy) is 2. The van der Waals surface area contributed by atoms with Crippen LogP contribution in [0.1, 0.15) is 49.9 Å². The number of benzene rings is 5. The van der Waals surface area contributed by atoms with Gasteiger partial charge in [0, 0.05) is 10.8 Å². The predicted molar refractivity (Wildman–Crippen MR) is 170 cm³/mol. The average molecular weight is 600 g/mol. The molecule has 0 spiro atoms. The van der Waals surface area contributed by atoms with Crippen LogP contribution in [-0.4, -0.2) is 10.2 Å². The third-order valence-electron chi connectivity index (χ3n) is 7.79. The lowest BCUT2D eigenvalue weighted by Crippen LogP contribution is -2.18. The Morgan fingerprint density at radius 1 is 0.476 bits per heavy atom. The van der Waals surface area contributed by atoms with Crippen molar-refractivity contribution in [2.45, 2.75) is 38.5 Å². The van der Waals surface area contributed by atoms with Crippen molar-refractivity contribution >= 4 is 23.2 Å². The summed E-state index contributed by atoms with van der Waals surface area (Å²) in [6.07, 6.45) is 0. The van der Waals surface area contributed by atoms with E-state index in [0.29, 0.717) is 28.0 Å². The summed E-state index contributed by atoms with van der Waals surface area (Å²) < 4.78 is 12.3. The Balaban J connectivity index is 1.32. The summed E-state index contributed by atoms with van der Waals surface area (Å²) in [5.74, 6) is 2.43. The molecule has 5 aromatic carbocycles. The van der Waals surface area contributed by atoms with Gasteiger partial charge in [-0.05, 0) is 82.9 Å². The molecule has 214 valence electrons. The van der Waals surface area contributed by atoms with E-state index in [1.165, 1.54) is 0 Å². The highest BCUT2D eigenvalue weighted by molar-refractivity contribution is 6.38. The molecule has 0 radical (unpaired) electrons. The van der Waals surface area contributed by atoms with Crippen molar-refractivity contribution in [1.82, 2.24) is 0 Å². The zero-order valence-corrected chi connectivity index (χ0v) is 25.4. The molecule has 5 aromatic rings. The number of aromatic hydroxyl groups is 2. The first-order valence-electron chi connectivity index (χ1n) is 13.6. The van der Waals surface area contributed by atoms with Crippen LogP contribution >= 0.6 is 23.2 Å². The maximum atomic E-state index is 9.65. The minimum atomic E-state index is -0.274. The van der Waals surface area contributed by atoms with E-state index in [9.17, 15) is 10.2 Å². The van der Waals surface area contributed by atoms with Gasteiger partial charge in [0.15, 0.2) is 5.75 Å². The van der Waals surface area contributed by atoms with E-state index in [-0.39, 0.29) is 27.4 Å². The van der Waals surface area contributed by atoms with Crippen LogP contribution in [-0.2, 0) is 10.8 Å².